The summed E-state index contributed by atoms with van der Waals surface area (Å²) in [5.41, 5.74) is 1.34. The molecule has 0 fully saturated rings. The predicted molar refractivity (Wildman–Crippen MR) is 81.1 cm³/mol. The zero-order valence-corrected chi connectivity index (χ0v) is 13.3. The Balaban J connectivity index is 2.38. The van der Waals surface area contributed by atoms with E-state index in [1.165, 1.54) is 0 Å². The van der Waals surface area contributed by atoms with Crippen molar-refractivity contribution in [3.8, 4) is 5.75 Å². The number of nitrogens with one attached hydrogen (secondary N) is 2. The van der Waals surface area contributed by atoms with E-state index in [9.17, 15) is 8.42 Å². The quantitative estimate of drug-likeness (QED) is 0.889. The van der Waals surface area contributed by atoms with Gasteiger partial charge < -0.3 is 4.74 Å². The zero-order chi connectivity index (χ0) is 15.6. The predicted octanol–water partition coefficient (Wildman–Crippen LogP) is 2.61. The van der Waals surface area contributed by atoms with Crippen molar-refractivity contribution in [2.75, 3.05) is 4.72 Å². The molecule has 1 aromatic heterocycles. The van der Waals surface area contributed by atoms with E-state index in [1.54, 1.807) is 38.1 Å². The maximum Gasteiger partial charge on any atom is 0.265 e. The van der Waals surface area contributed by atoms with E-state index >= 15 is 0 Å². The van der Waals surface area contributed by atoms with Crippen molar-refractivity contribution in [1.82, 2.24) is 10.2 Å². The molecule has 0 spiro atoms. The maximum absolute atomic E-state index is 12.5. The number of aromatic amines is 1. The molecule has 1 heterocycles. The van der Waals surface area contributed by atoms with E-state index in [4.69, 9.17) is 4.74 Å². The van der Waals surface area contributed by atoms with Crippen LogP contribution in [-0.2, 0) is 10.0 Å². The summed E-state index contributed by atoms with van der Waals surface area (Å²) in [7, 11) is -3.71. The van der Waals surface area contributed by atoms with Crippen molar-refractivity contribution in [2.24, 2.45) is 0 Å². The van der Waals surface area contributed by atoms with Gasteiger partial charge in [-0.2, -0.15) is 5.10 Å². The Labute approximate surface area is 124 Å². The molecule has 2 rings (SSSR count). The van der Waals surface area contributed by atoms with Crippen LogP contribution in [0.3, 0.4) is 0 Å². The summed E-state index contributed by atoms with van der Waals surface area (Å²) in [6.07, 6.45) is -0.0481. The van der Waals surface area contributed by atoms with E-state index in [-0.39, 0.29) is 11.0 Å². The Morgan fingerprint density at radius 1 is 1.24 bits per heavy atom. The minimum Gasteiger partial charge on any atom is -0.489 e. The van der Waals surface area contributed by atoms with E-state index in [2.05, 4.69) is 14.9 Å². The number of hydrogen-bond acceptors (Lipinski definition) is 4. The lowest BCUT2D eigenvalue weighted by Gasteiger charge is -2.15. The summed E-state index contributed by atoms with van der Waals surface area (Å²) >= 11 is 0. The number of sulfonamides is 1. The van der Waals surface area contributed by atoms with Gasteiger partial charge in [0.05, 0.1) is 23.2 Å². The highest BCUT2D eigenvalue weighted by atomic mass is 32.2. The second-order valence-electron chi connectivity index (χ2n) is 5.03. The number of nitrogens with zero attached hydrogens (tertiary/aromatic N) is 1. The van der Waals surface area contributed by atoms with Gasteiger partial charge in [0.2, 0.25) is 0 Å². The smallest absolute Gasteiger partial charge is 0.265 e. The first-order valence-corrected chi connectivity index (χ1v) is 8.09. The van der Waals surface area contributed by atoms with Crippen molar-refractivity contribution < 1.29 is 13.2 Å². The molecule has 2 aromatic rings. The first kappa shape index (κ1) is 15.4. The van der Waals surface area contributed by atoms with Crippen LogP contribution in [0.5, 0.6) is 5.75 Å². The van der Waals surface area contributed by atoms with Crippen molar-refractivity contribution in [1.29, 1.82) is 0 Å². The monoisotopic (exact) mass is 309 g/mol. The molecule has 0 aliphatic carbocycles. The molecule has 0 saturated heterocycles. The summed E-state index contributed by atoms with van der Waals surface area (Å²) in [5.74, 6) is 0.495. The number of rotatable bonds is 5. The fraction of sp³-hybridized carbons (Fsp3) is 0.357. The molecule has 2 N–H and O–H groups in total. The fourth-order valence-corrected chi connectivity index (χ4v) is 3.48. The first-order valence-electron chi connectivity index (χ1n) is 6.61. The van der Waals surface area contributed by atoms with Crippen molar-refractivity contribution >= 4 is 15.7 Å². The number of anilines is 1. The topological polar surface area (TPSA) is 84.1 Å². The Bertz CT molecular complexity index is 716. The number of aryl methyl sites for hydroxylation is 2. The van der Waals surface area contributed by atoms with Crippen LogP contribution in [0.4, 0.5) is 5.69 Å². The molecule has 0 bridgehead atoms. The standard InChI is InChI=1S/C14H19N3O3S/c1-9(2)20-13-8-6-5-7-12(13)17-21(18,19)14-10(3)15-16-11(14)4/h5-9,17H,1-4H3,(H,15,16). The maximum atomic E-state index is 12.5. The first-order chi connectivity index (χ1) is 9.81. The second kappa shape index (κ2) is 5.77. The van der Waals surface area contributed by atoms with Gasteiger partial charge in [0.25, 0.3) is 10.0 Å². The highest BCUT2D eigenvalue weighted by Gasteiger charge is 2.23. The summed E-state index contributed by atoms with van der Waals surface area (Å²) in [6, 6.07) is 6.94. The molecule has 1 aromatic carbocycles. The van der Waals surface area contributed by atoms with E-state index in [1.807, 2.05) is 13.8 Å². The molecular formula is C14H19N3O3S. The number of aromatic nitrogens is 2. The molecule has 0 unspecified atom stereocenters. The van der Waals surface area contributed by atoms with Gasteiger partial charge in [-0.3, -0.25) is 9.82 Å². The van der Waals surface area contributed by atoms with Gasteiger partial charge in [-0.05, 0) is 39.8 Å². The highest BCUT2D eigenvalue weighted by Crippen LogP contribution is 2.28. The molecule has 0 atom stereocenters. The average Bonchev–Trinajstić information content (AvgIpc) is 2.71. The van der Waals surface area contributed by atoms with Gasteiger partial charge in [-0.15, -0.1) is 0 Å². The summed E-state index contributed by atoms with van der Waals surface area (Å²) in [6.45, 7) is 7.09. The lowest BCUT2D eigenvalue weighted by Crippen LogP contribution is -2.16. The normalized spacial score (nSPS) is 11.7. The molecule has 0 saturated carbocycles. The van der Waals surface area contributed by atoms with Crippen molar-refractivity contribution in [2.45, 2.75) is 38.7 Å². The molecule has 0 aliphatic heterocycles. The number of benzene rings is 1. The van der Waals surface area contributed by atoms with Crippen molar-refractivity contribution in [3.05, 3.63) is 35.7 Å². The SMILES string of the molecule is Cc1n[nH]c(C)c1S(=O)(=O)Nc1ccccc1OC(C)C. The van der Waals surface area contributed by atoms with E-state index in [0.29, 0.717) is 22.8 Å². The van der Waals surface area contributed by atoms with Gasteiger partial charge in [-0.1, -0.05) is 12.1 Å². The van der Waals surface area contributed by atoms with Crippen LogP contribution in [0, 0.1) is 13.8 Å². The molecule has 0 amide bonds. The Morgan fingerprint density at radius 3 is 2.48 bits per heavy atom. The molecule has 0 aliphatic rings. The molecule has 6 nitrogen and oxygen atoms in total. The molecular weight excluding hydrogens is 290 g/mol. The third kappa shape index (κ3) is 3.36. The minimum atomic E-state index is -3.71. The molecule has 114 valence electrons. The summed E-state index contributed by atoms with van der Waals surface area (Å²) < 4.78 is 33.2. The minimum absolute atomic E-state index is 0.0481. The van der Waals surface area contributed by atoms with Crippen molar-refractivity contribution in [3.63, 3.8) is 0 Å². The highest BCUT2D eigenvalue weighted by molar-refractivity contribution is 7.92. The van der Waals surface area contributed by atoms with Gasteiger partial charge >= 0.3 is 0 Å². The van der Waals surface area contributed by atoms with Crippen LogP contribution in [-0.4, -0.2) is 24.7 Å². The Morgan fingerprint density at radius 2 is 1.90 bits per heavy atom. The van der Waals surface area contributed by atoms with E-state index in [0.717, 1.165) is 0 Å². The fourth-order valence-electron chi connectivity index (χ4n) is 2.04. The van der Waals surface area contributed by atoms with Gasteiger partial charge in [0.1, 0.15) is 10.6 Å². The number of hydrogen-bond donors (Lipinski definition) is 2. The number of ether oxygens (including phenoxy) is 1. The number of H-pyrrole nitrogens is 1. The average molecular weight is 309 g/mol. The number of para-hydroxylation sites is 2. The van der Waals surface area contributed by atoms with Crippen LogP contribution < -0.4 is 9.46 Å². The molecule has 21 heavy (non-hydrogen) atoms. The van der Waals surface area contributed by atoms with Crippen LogP contribution in [0.2, 0.25) is 0 Å². The van der Waals surface area contributed by atoms with Gasteiger partial charge in [-0.25, -0.2) is 8.42 Å². The van der Waals surface area contributed by atoms with Crippen LogP contribution in [0.25, 0.3) is 0 Å². The lowest BCUT2D eigenvalue weighted by molar-refractivity contribution is 0.244. The third-order valence-electron chi connectivity index (χ3n) is 2.82. The van der Waals surface area contributed by atoms with Crippen LogP contribution in [0.15, 0.2) is 29.2 Å². The Kier molecular flexibility index (Phi) is 4.22. The second-order valence-corrected chi connectivity index (χ2v) is 6.65. The summed E-state index contributed by atoms with van der Waals surface area (Å²) in [4.78, 5) is 0.168. The zero-order valence-electron chi connectivity index (χ0n) is 12.5. The van der Waals surface area contributed by atoms with Gasteiger partial charge in [0.15, 0.2) is 0 Å². The van der Waals surface area contributed by atoms with Crippen LogP contribution >= 0.6 is 0 Å². The molecule has 0 radical (unpaired) electrons. The lowest BCUT2D eigenvalue weighted by atomic mass is 10.3. The Hall–Kier alpha value is -2.02. The van der Waals surface area contributed by atoms with E-state index < -0.39 is 10.0 Å². The molecule has 7 heteroatoms. The third-order valence-corrected chi connectivity index (χ3v) is 4.45. The largest absolute Gasteiger partial charge is 0.489 e. The van der Waals surface area contributed by atoms with Gasteiger partial charge in [0, 0.05) is 0 Å². The summed E-state index contributed by atoms with van der Waals surface area (Å²) in [5, 5.41) is 6.59. The van der Waals surface area contributed by atoms with Crippen LogP contribution in [0.1, 0.15) is 25.2 Å².